The zero-order valence-corrected chi connectivity index (χ0v) is 40.8. The third kappa shape index (κ3) is 13.7. The number of β-amino-alcohol motifs (C(OH)–C–C–N with tert-alkyl or cyclic N) is 1. The number of aliphatic hydroxyl groups is 1. The highest BCUT2D eigenvalue weighted by atomic mass is 32.1. The average Bonchev–Trinajstić information content (AvgIpc) is 3.96. The quantitative estimate of drug-likeness (QED) is 0.0501. The predicted octanol–water partition coefficient (Wildman–Crippen LogP) is 7.45. The summed E-state index contributed by atoms with van der Waals surface area (Å²) in [6.07, 6.45) is -0.189. The van der Waals surface area contributed by atoms with Crippen LogP contribution in [-0.2, 0) is 30.5 Å². The highest BCUT2D eigenvalue weighted by molar-refractivity contribution is 7.13. The number of carbonyl (C=O) groups is 5. The highest BCUT2D eigenvalue weighted by Crippen LogP contribution is 2.35. The van der Waals surface area contributed by atoms with Gasteiger partial charge in [0, 0.05) is 71.1 Å². The number of carbonyl (C=O) groups excluding carboxylic acids is 5. The van der Waals surface area contributed by atoms with E-state index in [0.29, 0.717) is 13.1 Å². The van der Waals surface area contributed by atoms with E-state index in [-0.39, 0.29) is 51.2 Å². The molecule has 13 nitrogen and oxygen atoms in total. The first-order valence-corrected chi connectivity index (χ1v) is 24.2. The van der Waals surface area contributed by atoms with Crippen molar-refractivity contribution in [3.63, 3.8) is 0 Å². The molecule has 358 valence electrons. The molecule has 1 aliphatic heterocycles. The number of aromatic nitrogens is 1. The first kappa shape index (κ1) is 50.8. The topological polar surface area (TPSA) is 173 Å². The van der Waals surface area contributed by atoms with Crippen molar-refractivity contribution in [2.24, 2.45) is 5.41 Å². The number of likely N-dealkylation sites (tertiary alicyclic amines) is 1. The summed E-state index contributed by atoms with van der Waals surface area (Å²) in [5, 5.41) is 22.4. The van der Waals surface area contributed by atoms with Crippen molar-refractivity contribution >= 4 is 57.7 Å². The van der Waals surface area contributed by atoms with Gasteiger partial charge in [-0.05, 0) is 69.9 Å². The molecule has 6 rings (SSSR count). The second kappa shape index (κ2) is 23.9. The van der Waals surface area contributed by atoms with Crippen LogP contribution in [0.15, 0.2) is 115 Å². The summed E-state index contributed by atoms with van der Waals surface area (Å²) in [5.41, 5.74) is 10.8. The van der Waals surface area contributed by atoms with Crippen molar-refractivity contribution in [1.29, 1.82) is 0 Å². The van der Waals surface area contributed by atoms with Gasteiger partial charge in [0.05, 0.1) is 22.2 Å². The van der Waals surface area contributed by atoms with Gasteiger partial charge in [-0.3, -0.25) is 24.0 Å². The van der Waals surface area contributed by atoms with Crippen LogP contribution in [0.1, 0.15) is 87.7 Å². The van der Waals surface area contributed by atoms with Crippen LogP contribution in [0, 0.1) is 12.3 Å². The number of nitrogens with zero attached hydrogens (tertiary/aromatic N) is 3. The molecule has 14 heteroatoms. The number of amides is 5. The van der Waals surface area contributed by atoms with E-state index in [2.05, 4.69) is 106 Å². The van der Waals surface area contributed by atoms with E-state index in [1.165, 1.54) is 21.6 Å². The second-order valence-electron chi connectivity index (χ2n) is 18.3. The monoisotopic (exact) mass is 939 g/mol. The van der Waals surface area contributed by atoms with Crippen molar-refractivity contribution in [2.45, 2.75) is 91.5 Å². The van der Waals surface area contributed by atoms with Gasteiger partial charge >= 0.3 is 0 Å². The largest absolute Gasteiger partial charge is 0.391 e. The van der Waals surface area contributed by atoms with Crippen molar-refractivity contribution in [2.75, 3.05) is 38.5 Å². The molecule has 2 heterocycles. The van der Waals surface area contributed by atoms with Gasteiger partial charge < -0.3 is 36.2 Å². The lowest BCUT2D eigenvalue weighted by atomic mass is 9.85. The SMILES string of the molecule is CC/C(=C(\c1ccccc1)c1ccc(NCCN(C)C(=O)CCNC(=O)CCC(=O)N[C@H](C(=O)N2C[C@H](O)C[C@H]2C(=O)NCc2ccc(-c3scnc3C)cc2)C(C)(C)C)cc1)c1ccccc1. The molecule has 0 aliphatic carbocycles. The third-order valence-corrected chi connectivity index (χ3v) is 13.1. The molecule has 1 aliphatic rings. The van der Waals surface area contributed by atoms with Crippen LogP contribution in [0.4, 0.5) is 5.69 Å². The Morgan fingerprint density at radius 2 is 1.44 bits per heavy atom. The second-order valence-corrected chi connectivity index (χ2v) is 19.2. The van der Waals surface area contributed by atoms with Crippen LogP contribution in [-0.4, -0.2) is 101 Å². The maximum absolute atomic E-state index is 14.0. The number of hydrogen-bond donors (Lipinski definition) is 5. The van der Waals surface area contributed by atoms with Crippen molar-refractivity contribution in [3.8, 4) is 10.4 Å². The lowest BCUT2D eigenvalue weighted by molar-refractivity contribution is -0.144. The van der Waals surface area contributed by atoms with Gasteiger partial charge in [0.2, 0.25) is 29.5 Å². The zero-order chi connectivity index (χ0) is 48.8. The predicted molar refractivity (Wildman–Crippen MR) is 270 cm³/mol. The Hall–Kier alpha value is -6.64. The Labute approximate surface area is 404 Å². The lowest BCUT2D eigenvalue weighted by Gasteiger charge is -2.35. The van der Waals surface area contributed by atoms with Gasteiger partial charge in [-0.15, -0.1) is 11.3 Å². The number of nitrogens with one attached hydrogen (secondary N) is 4. The number of aryl methyl sites for hydroxylation is 1. The molecule has 5 N–H and O–H groups in total. The summed E-state index contributed by atoms with van der Waals surface area (Å²) < 4.78 is 0. The Kier molecular flexibility index (Phi) is 17.8. The van der Waals surface area contributed by atoms with Gasteiger partial charge in [-0.1, -0.05) is 125 Å². The summed E-state index contributed by atoms with van der Waals surface area (Å²) >= 11 is 1.56. The number of benzene rings is 4. The summed E-state index contributed by atoms with van der Waals surface area (Å²) in [6.45, 7) is 10.8. The normalized spacial score (nSPS) is 15.5. The fraction of sp³-hybridized carbons (Fsp3) is 0.370. The lowest BCUT2D eigenvalue weighted by Crippen LogP contribution is -2.57. The van der Waals surface area contributed by atoms with E-state index in [1.807, 2.05) is 43.3 Å². The minimum absolute atomic E-state index is 0.0487. The number of anilines is 1. The molecule has 4 aromatic carbocycles. The Balaban J connectivity index is 0.918. The molecule has 68 heavy (non-hydrogen) atoms. The van der Waals surface area contributed by atoms with Crippen molar-refractivity contribution in [1.82, 2.24) is 30.7 Å². The molecule has 3 atom stereocenters. The molecular formula is C54H65N7O6S. The molecule has 0 bridgehead atoms. The van der Waals surface area contributed by atoms with Gasteiger partial charge in [0.25, 0.3) is 0 Å². The molecule has 0 unspecified atom stereocenters. The van der Waals surface area contributed by atoms with E-state index >= 15 is 0 Å². The molecule has 0 radical (unpaired) electrons. The van der Waals surface area contributed by atoms with Crippen LogP contribution < -0.4 is 21.3 Å². The number of thiazole rings is 1. The van der Waals surface area contributed by atoms with E-state index in [9.17, 15) is 29.1 Å². The van der Waals surface area contributed by atoms with Gasteiger partial charge in [-0.25, -0.2) is 4.98 Å². The Morgan fingerprint density at radius 3 is 2.06 bits per heavy atom. The average molecular weight is 940 g/mol. The van der Waals surface area contributed by atoms with Crippen molar-refractivity contribution in [3.05, 3.63) is 143 Å². The van der Waals surface area contributed by atoms with Crippen molar-refractivity contribution < 1.29 is 29.1 Å². The summed E-state index contributed by atoms with van der Waals surface area (Å²) in [4.78, 5) is 74.7. The standard InChI is InChI=1S/C54H65N7O6S/c1-7-44(38-14-10-8-11-15-38)49(39-16-12-9-13-17-39)40-22-24-42(25-23-40)55-30-31-60(6)48(65)28-29-56-46(63)26-27-47(64)59-51(54(3,4)5)53(67)61-34-43(62)32-45(61)52(66)57-33-37-18-20-41(21-19-37)50-36(2)58-35-68-50/h8-25,35,43,45,51,55,62H,7,26-34H2,1-6H3,(H,56,63)(H,57,66)(H,59,64)/b49-44-/t43-,45+,51-/m1/s1. The summed E-state index contributed by atoms with van der Waals surface area (Å²) in [6, 6.07) is 35.1. The molecule has 0 spiro atoms. The number of aliphatic hydroxyl groups excluding tert-OH is 1. The van der Waals surface area contributed by atoms with Crippen LogP contribution >= 0.6 is 11.3 Å². The zero-order valence-electron chi connectivity index (χ0n) is 40.0. The summed E-state index contributed by atoms with van der Waals surface area (Å²) in [5.74, 6) is -1.91. The fourth-order valence-corrected chi connectivity index (χ4v) is 9.17. The Morgan fingerprint density at radius 1 is 0.809 bits per heavy atom. The molecule has 5 aromatic rings. The molecule has 0 saturated carbocycles. The maximum atomic E-state index is 14.0. The molecule has 1 saturated heterocycles. The summed E-state index contributed by atoms with van der Waals surface area (Å²) in [7, 11) is 1.72. The van der Waals surface area contributed by atoms with E-state index in [4.69, 9.17) is 0 Å². The van der Waals surface area contributed by atoms with Gasteiger partial charge in [-0.2, -0.15) is 0 Å². The van der Waals surface area contributed by atoms with Gasteiger partial charge in [0.1, 0.15) is 12.1 Å². The smallest absolute Gasteiger partial charge is 0.246 e. The molecule has 1 aromatic heterocycles. The van der Waals surface area contributed by atoms with Gasteiger partial charge in [0.15, 0.2) is 0 Å². The van der Waals surface area contributed by atoms with Crippen LogP contribution in [0.2, 0.25) is 0 Å². The number of rotatable bonds is 20. The van der Waals surface area contributed by atoms with Crippen LogP contribution in [0.5, 0.6) is 0 Å². The van der Waals surface area contributed by atoms with Crippen LogP contribution in [0.25, 0.3) is 21.6 Å². The minimum Gasteiger partial charge on any atom is -0.391 e. The first-order chi connectivity index (χ1) is 32.6. The first-order valence-electron chi connectivity index (χ1n) is 23.4. The van der Waals surface area contributed by atoms with Crippen LogP contribution in [0.3, 0.4) is 0 Å². The van der Waals surface area contributed by atoms with E-state index in [1.54, 1.807) is 49.6 Å². The maximum Gasteiger partial charge on any atom is 0.246 e. The minimum atomic E-state index is -1.02. The molecule has 5 amide bonds. The van der Waals surface area contributed by atoms with E-state index in [0.717, 1.165) is 44.9 Å². The fourth-order valence-electron chi connectivity index (χ4n) is 8.36. The Bertz CT molecular complexity index is 2520. The highest BCUT2D eigenvalue weighted by Gasteiger charge is 2.44. The van der Waals surface area contributed by atoms with E-state index < -0.39 is 47.2 Å². The number of hydrogen-bond acceptors (Lipinski definition) is 9. The molecule has 1 fully saturated rings. The molecular weight excluding hydrogens is 875 g/mol. The number of allylic oxidation sites excluding steroid dienone is 1. The number of likely N-dealkylation sites (N-methyl/N-ethyl adjacent to an activating group) is 1. The third-order valence-electron chi connectivity index (χ3n) is 12.2.